The minimum absolute atomic E-state index is 0.0000442. The lowest BCUT2D eigenvalue weighted by Gasteiger charge is -2.21. The Morgan fingerprint density at radius 2 is 1.82 bits per heavy atom. The molecule has 0 aliphatic carbocycles. The van der Waals surface area contributed by atoms with E-state index >= 15 is 0 Å². The van der Waals surface area contributed by atoms with Gasteiger partial charge in [-0.25, -0.2) is 4.79 Å². The van der Waals surface area contributed by atoms with Crippen LogP contribution in [0.5, 0.6) is 5.75 Å². The van der Waals surface area contributed by atoms with E-state index in [1.54, 1.807) is 19.1 Å². The molecule has 1 heterocycles. The third-order valence-corrected chi connectivity index (χ3v) is 4.31. The van der Waals surface area contributed by atoms with Crippen LogP contribution in [0.25, 0.3) is 0 Å². The van der Waals surface area contributed by atoms with Crippen molar-refractivity contribution in [1.29, 1.82) is 0 Å². The summed E-state index contributed by atoms with van der Waals surface area (Å²) in [5.74, 6) is -1.66. The van der Waals surface area contributed by atoms with Crippen molar-refractivity contribution in [2.75, 3.05) is 14.2 Å². The van der Waals surface area contributed by atoms with Crippen molar-refractivity contribution in [2.45, 2.75) is 38.9 Å². The number of carbonyl (C=O) groups is 1. The molecular formula is C20H25NO7. The van der Waals surface area contributed by atoms with Crippen molar-refractivity contribution in [3.8, 4) is 5.75 Å². The molecule has 1 unspecified atom stereocenters. The highest BCUT2D eigenvalue weighted by atomic mass is 16.7. The van der Waals surface area contributed by atoms with Gasteiger partial charge in [0, 0.05) is 26.0 Å². The minimum Gasteiger partial charge on any atom is -0.482 e. The summed E-state index contributed by atoms with van der Waals surface area (Å²) in [5.41, 5.74) is -0.142. The summed E-state index contributed by atoms with van der Waals surface area (Å²) in [5, 5.41) is 20.0. The largest absolute Gasteiger partial charge is 0.482 e. The zero-order chi connectivity index (χ0) is 20.7. The van der Waals surface area contributed by atoms with Crippen molar-refractivity contribution in [3.05, 3.63) is 63.6 Å². The van der Waals surface area contributed by atoms with Crippen LogP contribution >= 0.6 is 0 Å². The van der Waals surface area contributed by atoms with E-state index < -0.39 is 23.8 Å². The number of carboxylic acids is 1. The molecule has 28 heavy (non-hydrogen) atoms. The van der Waals surface area contributed by atoms with Crippen LogP contribution in [-0.2, 0) is 22.6 Å². The van der Waals surface area contributed by atoms with Crippen LogP contribution in [-0.4, -0.2) is 41.3 Å². The van der Waals surface area contributed by atoms with E-state index in [9.17, 15) is 19.8 Å². The Hall–Kier alpha value is -2.68. The average Bonchev–Trinajstić information content (AvgIpc) is 2.71. The molecule has 0 amide bonds. The molecule has 2 rings (SSSR count). The molecule has 0 spiro atoms. The van der Waals surface area contributed by atoms with E-state index in [0.717, 1.165) is 5.56 Å². The van der Waals surface area contributed by atoms with Gasteiger partial charge in [0.1, 0.15) is 6.61 Å². The fraction of sp³-hybridized carbons (Fsp3) is 0.400. The number of benzene rings is 1. The smallest absolute Gasteiger partial charge is 0.356 e. The molecule has 1 atom stereocenters. The Morgan fingerprint density at radius 1 is 1.18 bits per heavy atom. The first kappa shape index (κ1) is 21.6. The molecule has 0 aliphatic heterocycles. The molecular weight excluding hydrogens is 366 g/mol. The van der Waals surface area contributed by atoms with Crippen molar-refractivity contribution in [3.63, 3.8) is 0 Å². The van der Waals surface area contributed by atoms with Gasteiger partial charge >= 0.3 is 5.97 Å². The fourth-order valence-corrected chi connectivity index (χ4v) is 2.75. The maximum absolute atomic E-state index is 12.9. The second-order valence-electron chi connectivity index (χ2n) is 6.15. The summed E-state index contributed by atoms with van der Waals surface area (Å²) in [6.45, 7) is 1.73. The number of pyridine rings is 1. The number of ether oxygens (including phenoxy) is 3. The van der Waals surface area contributed by atoms with E-state index in [1.807, 2.05) is 18.2 Å². The number of aliphatic hydroxyl groups is 1. The number of methoxy groups -OCH3 is 2. The molecule has 0 fully saturated rings. The molecule has 0 radical (unpaired) electrons. The third-order valence-electron chi connectivity index (χ3n) is 4.31. The first-order valence-electron chi connectivity index (χ1n) is 8.83. The van der Waals surface area contributed by atoms with E-state index in [-0.39, 0.29) is 36.6 Å². The molecule has 1 aromatic heterocycles. The molecule has 152 valence electrons. The molecule has 1 aromatic carbocycles. The van der Waals surface area contributed by atoms with E-state index in [0.29, 0.717) is 0 Å². The number of carboxylic acid groups (broad SMARTS) is 1. The van der Waals surface area contributed by atoms with Gasteiger partial charge in [-0.1, -0.05) is 37.3 Å². The van der Waals surface area contributed by atoms with Gasteiger partial charge in [0.25, 0.3) is 0 Å². The fourth-order valence-electron chi connectivity index (χ4n) is 2.75. The molecule has 8 heteroatoms. The Bertz CT molecular complexity index is 844. The summed E-state index contributed by atoms with van der Waals surface area (Å²) in [7, 11) is 2.84. The van der Waals surface area contributed by atoms with Gasteiger partial charge in [0.05, 0.1) is 12.6 Å². The van der Waals surface area contributed by atoms with Gasteiger partial charge in [0.15, 0.2) is 17.7 Å². The second-order valence-corrected chi connectivity index (χ2v) is 6.15. The van der Waals surface area contributed by atoms with Crippen molar-refractivity contribution >= 4 is 5.97 Å². The first-order chi connectivity index (χ1) is 13.4. The Labute approximate surface area is 162 Å². The summed E-state index contributed by atoms with van der Waals surface area (Å²) in [6.07, 6.45) is -0.184. The van der Waals surface area contributed by atoms with Crippen LogP contribution in [0, 0.1) is 0 Å². The number of aromatic nitrogens is 1. The van der Waals surface area contributed by atoms with Crippen LogP contribution in [0.15, 0.2) is 41.3 Å². The maximum atomic E-state index is 12.9. The van der Waals surface area contributed by atoms with Gasteiger partial charge in [-0.15, -0.1) is 0 Å². The second kappa shape index (κ2) is 10.0. The summed E-state index contributed by atoms with van der Waals surface area (Å²) in [4.78, 5) is 24.8. The summed E-state index contributed by atoms with van der Waals surface area (Å²) in [6, 6.07) is 9.07. The molecule has 0 aliphatic rings. The quantitative estimate of drug-likeness (QED) is 0.598. The van der Waals surface area contributed by atoms with E-state index in [2.05, 4.69) is 0 Å². The third kappa shape index (κ3) is 4.98. The lowest BCUT2D eigenvalue weighted by atomic mass is 10.1. The number of hydrogen-bond acceptors (Lipinski definition) is 6. The van der Waals surface area contributed by atoms with Crippen LogP contribution in [0.2, 0.25) is 0 Å². The van der Waals surface area contributed by atoms with Crippen LogP contribution in [0.4, 0.5) is 0 Å². The number of rotatable bonds is 10. The van der Waals surface area contributed by atoms with E-state index in [4.69, 9.17) is 14.2 Å². The van der Waals surface area contributed by atoms with Crippen LogP contribution < -0.4 is 10.2 Å². The van der Waals surface area contributed by atoms with Crippen LogP contribution in [0.1, 0.15) is 41.1 Å². The van der Waals surface area contributed by atoms with Crippen molar-refractivity contribution < 1.29 is 29.2 Å². The predicted molar refractivity (Wildman–Crippen MR) is 101 cm³/mol. The van der Waals surface area contributed by atoms with Gasteiger partial charge in [-0.3, -0.25) is 4.79 Å². The van der Waals surface area contributed by atoms with Gasteiger partial charge < -0.3 is 29.0 Å². The molecule has 8 nitrogen and oxygen atoms in total. The SMILES string of the molecule is CCC(O)c1cn(CC(OC)OC)c(C(=O)O)c(OCc2ccccc2)c1=O. The van der Waals surface area contributed by atoms with Gasteiger partial charge in [-0.2, -0.15) is 0 Å². The number of nitrogens with zero attached hydrogens (tertiary/aromatic N) is 1. The first-order valence-corrected chi connectivity index (χ1v) is 8.83. The minimum atomic E-state index is -1.33. The number of aromatic carboxylic acids is 1. The predicted octanol–water partition coefficient (Wildman–Crippen LogP) is 2.19. The Kier molecular flexibility index (Phi) is 7.74. The maximum Gasteiger partial charge on any atom is 0.356 e. The van der Waals surface area contributed by atoms with Crippen LogP contribution in [0.3, 0.4) is 0 Å². The highest BCUT2D eigenvalue weighted by Crippen LogP contribution is 2.22. The molecule has 2 aromatic rings. The zero-order valence-electron chi connectivity index (χ0n) is 16.1. The normalized spacial score (nSPS) is 12.2. The highest BCUT2D eigenvalue weighted by molar-refractivity contribution is 5.89. The topological polar surface area (TPSA) is 107 Å². The average molecular weight is 391 g/mol. The molecule has 0 saturated heterocycles. The lowest BCUT2D eigenvalue weighted by Crippen LogP contribution is -2.29. The van der Waals surface area contributed by atoms with E-state index in [1.165, 1.54) is 25.0 Å². The van der Waals surface area contributed by atoms with Crippen molar-refractivity contribution in [2.24, 2.45) is 0 Å². The Morgan fingerprint density at radius 3 is 2.36 bits per heavy atom. The molecule has 2 N–H and O–H groups in total. The summed E-state index contributed by atoms with van der Waals surface area (Å²) >= 11 is 0. The highest BCUT2D eigenvalue weighted by Gasteiger charge is 2.26. The zero-order valence-corrected chi connectivity index (χ0v) is 16.1. The Balaban J connectivity index is 2.57. The number of aliphatic hydroxyl groups excluding tert-OH is 1. The van der Waals surface area contributed by atoms with Crippen molar-refractivity contribution in [1.82, 2.24) is 4.57 Å². The van der Waals surface area contributed by atoms with Gasteiger partial charge in [-0.05, 0) is 12.0 Å². The molecule has 0 saturated carbocycles. The number of hydrogen-bond donors (Lipinski definition) is 2. The summed E-state index contributed by atoms with van der Waals surface area (Å²) < 4.78 is 17.2. The monoisotopic (exact) mass is 391 g/mol. The van der Waals surface area contributed by atoms with Gasteiger partial charge in [0.2, 0.25) is 5.43 Å². The molecule has 0 bridgehead atoms. The lowest BCUT2D eigenvalue weighted by molar-refractivity contribution is -0.111. The standard InChI is InChI=1S/C20H25NO7/c1-4-15(22)14-10-21(11-16(26-2)27-3)17(20(24)25)19(18(14)23)28-12-13-8-6-5-7-9-13/h5-10,15-16,22H,4,11-12H2,1-3H3,(H,24,25).